The molecule has 1 aliphatic heterocycles. The molecule has 1 saturated heterocycles. The molecule has 5 heteroatoms. The molecule has 0 bridgehead atoms. The predicted molar refractivity (Wildman–Crippen MR) is 67.2 cm³/mol. The second-order valence-electron chi connectivity index (χ2n) is 5.81. The van der Waals surface area contributed by atoms with E-state index in [1.54, 1.807) is 13.8 Å². The highest BCUT2D eigenvalue weighted by atomic mass is 16.5. The van der Waals surface area contributed by atoms with E-state index in [0.717, 1.165) is 6.42 Å². The van der Waals surface area contributed by atoms with Crippen LogP contribution in [0.3, 0.4) is 0 Å². The molecule has 0 aliphatic carbocycles. The molecular weight excluding hydrogens is 234 g/mol. The number of rotatable bonds is 5. The van der Waals surface area contributed by atoms with Crippen molar-refractivity contribution in [3.8, 4) is 0 Å². The van der Waals surface area contributed by atoms with Crippen LogP contribution in [0.2, 0.25) is 0 Å². The first-order valence-electron chi connectivity index (χ1n) is 6.40. The summed E-state index contributed by atoms with van der Waals surface area (Å²) in [5, 5.41) is 11.7. The highest BCUT2D eigenvalue weighted by molar-refractivity contribution is 5.81. The fraction of sp³-hybridized carbons (Fsp3) is 0.846. The summed E-state index contributed by atoms with van der Waals surface area (Å²) in [5.74, 6) is -0.767. The van der Waals surface area contributed by atoms with Crippen LogP contribution in [-0.4, -0.2) is 35.7 Å². The summed E-state index contributed by atoms with van der Waals surface area (Å²) in [5.41, 5.74) is -0.817. The monoisotopic (exact) mass is 257 g/mol. The zero-order valence-corrected chi connectivity index (χ0v) is 11.5. The lowest BCUT2D eigenvalue weighted by Gasteiger charge is -2.20. The van der Waals surface area contributed by atoms with Gasteiger partial charge in [0.1, 0.15) is 6.10 Å². The van der Waals surface area contributed by atoms with Gasteiger partial charge in [-0.05, 0) is 39.5 Å². The molecule has 18 heavy (non-hydrogen) atoms. The predicted octanol–water partition coefficient (Wildman–Crippen LogP) is 1.42. The van der Waals surface area contributed by atoms with Gasteiger partial charge in [-0.25, -0.2) is 0 Å². The Hall–Kier alpha value is -1.10. The minimum Gasteiger partial charge on any atom is -0.481 e. The fourth-order valence-electron chi connectivity index (χ4n) is 2.11. The number of carbonyl (C=O) groups is 2. The highest BCUT2D eigenvalue weighted by Crippen LogP contribution is 2.26. The number of carbonyl (C=O) groups excluding carboxylic acids is 1. The maximum atomic E-state index is 11.9. The lowest BCUT2D eigenvalue weighted by atomic mass is 9.89. The molecule has 3 unspecified atom stereocenters. The van der Waals surface area contributed by atoms with E-state index >= 15 is 0 Å². The second kappa shape index (κ2) is 5.69. The lowest BCUT2D eigenvalue weighted by molar-refractivity contribution is -0.147. The molecule has 0 aromatic carbocycles. The number of aliphatic carboxylic acids is 1. The number of hydrogen-bond donors (Lipinski definition) is 2. The topological polar surface area (TPSA) is 75.6 Å². The molecule has 0 radical (unpaired) electrons. The molecule has 2 N–H and O–H groups in total. The van der Waals surface area contributed by atoms with Crippen LogP contribution in [0, 0.1) is 11.3 Å². The molecule has 1 aliphatic rings. The van der Waals surface area contributed by atoms with E-state index in [1.807, 2.05) is 13.8 Å². The molecule has 0 spiro atoms. The van der Waals surface area contributed by atoms with Crippen LogP contribution in [0.1, 0.15) is 40.5 Å². The van der Waals surface area contributed by atoms with Crippen molar-refractivity contribution >= 4 is 11.9 Å². The summed E-state index contributed by atoms with van der Waals surface area (Å²) < 4.78 is 5.54. The van der Waals surface area contributed by atoms with Crippen LogP contribution < -0.4 is 5.32 Å². The highest BCUT2D eigenvalue weighted by Gasteiger charge is 2.35. The lowest BCUT2D eigenvalue weighted by Crippen LogP contribution is -2.39. The van der Waals surface area contributed by atoms with Gasteiger partial charge in [0.25, 0.3) is 0 Å². The van der Waals surface area contributed by atoms with Crippen molar-refractivity contribution in [1.82, 2.24) is 5.32 Å². The number of amides is 1. The third-order valence-corrected chi connectivity index (χ3v) is 3.49. The van der Waals surface area contributed by atoms with Crippen molar-refractivity contribution in [3.63, 3.8) is 0 Å². The minimum atomic E-state index is -0.851. The summed E-state index contributed by atoms with van der Waals surface area (Å²) in [6.07, 6.45) is 1.02. The van der Waals surface area contributed by atoms with Crippen LogP contribution in [0.15, 0.2) is 0 Å². The van der Waals surface area contributed by atoms with Crippen molar-refractivity contribution in [2.24, 2.45) is 11.3 Å². The molecule has 1 fully saturated rings. The van der Waals surface area contributed by atoms with Gasteiger partial charge in [0.2, 0.25) is 5.91 Å². The van der Waals surface area contributed by atoms with E-state index in [0.29, 0.717) is 13.0 Å². The number of hydrogen-bond acceptors (Lipinski definition) is 3. The normalized spacial score (nSPS) is 28.1. The molecule has 0 aromatic heterocycles. The molecule has 1 rings (SSSR count). The largest absolute Gasteiger partial charge is 0.481 e. The van der Waals surface area contributed by atoms with Crippen molar-refractivity contribution in [3.05, 3.63) is 0 Å². The van der Waals surface area contributed by atoms with Crippen LogP contribution in [0.5, 0.6) is 0 Å². The van der Waals surface area contributed by atoms with Gasteiger partial charge in [0.15, 0.2) is 0 Å². The van der Waals surface area contributed by atoms with Crippen LogP contribution in [0.4, 0.5) is 0 Å². The third kappa shape index (κ3) is 3.70. The second-order valence-corrected chi connectivity index (χ2v) is 5.81. The first kappa shape index (κ1) is 15.0. The number of carboxylic acid groups (broad SMARTS) is 1. The average molecular weight is 257 g/mol. The van der Waals surface area contributed by atoms with Gasteiger partial charge in [-0.1, -0.05) is 6.92 Å². The average Bonchev–Trinajstić information content (AvgIpc) is 2.57. The molecule has 5 nitrogen and oxygen atoms in total. The molecule has 3 atom stereocenters. The van der Waals surface area contributed by atoms with Crippen molar-refractivity contribution in [2.45, 2.75) is 52.7 Å². The Bertz CT molecular complexity index is 327. The van der Waals surface area contributed by atoms with Gasteiger partial charge < -0.3 is 15.2 Å². The molecule has 104 valence electrons. The first-order chi connectivity index (χ1) is 8.24. The smallest absolute Gasteiger partial charge is 0.309 e. The van der Waals surface area contributed by atoms with Crippen LogP contribution in [-0.2, 0) is 14.3 Å². The van der Waals surface area contributed by atoms with Gasteiger partial charge in [0.05, 0.1) is 11.5 Å². The van der Waals surface area contributed by atoms with Gasteiger partial charge in [-0.2, -0.15) is 0 Å². The Labute approximate surface area is 108 Å². The van der Waals surface area contributed by atoms with Crippen LogP contribution >= 0.6 is 0 Å². The standard InChI is InChI=1S/C13H23NO4/c1-8-7-9(2)18-10(8)11(15)14-6-5-13(3,4)12(16)17/h8-10H,5-7H2,1-4H3,(H,14,15)(H,16,17). The first-order valence-corrected chi connectivity index (χ1v) is 6.40. The number of carboxylic acids is 1. The molecule has 0 aromatic rings. The fourth-order valence-corrected chi connectivity index (χ4v) is 2.11. The summed E-state index contributed by atoms with van der Waals surface area (Å²) in [7, 11) is 0. The Morgan fingerprint density at radius 3 is 2.44 bits per heavy atom. The van der Waals surface area contributed by atoms with E-state index < -0.39 is 17.5 Å². The number of ether oxygens (including phenoxy) is 1. The SMILES string of the molecule is CC1CC(C)C(C(=O)NCCC(C)(C)C(=O)O)O1. The van der Waals surface area contributed by atoms with E-state index in [9.17, 15) is 9.59 Å². The van der Waals surface area contributed by atoms with Crippen molar-refractivity contribution in [1.29, 1.82) is 0 Å². The van der Waals surface area contributed by atoms with E-state index in [4.69, 9.17) is 9.84 Å². The van der Waals surface area contributed by atoms with Crippen molar-refractivity contribution in [2.75, 3.05) is 6.54 Å². The van der Waals surface area contributed by atoms with E-state index in [1.165, 1.54) is 0 Å². The van der Waals surface area contributed by atoms with Gasteiger partial charge in [0, 0.05) is 6.54 Å². The molecule has 1 heterocycles. The minimum absolute atomic E-state index is 0.117. The van der Waals surface area contributed by atoms with Gasteiger partial charge >= 0.3 is 5.97 Å². The third-order valence-electron chi connectivity index (χ3n) is 3.49. The van der Waals surface area contributed by atoms with Crippen molar-refractivity contribution < 1.29 is 19.4 Å². The Morgan fingerprint density at radius 2 is 2.00 bits per heavy atom. The summed E-state index contributed by atoms with van der Waals surface area (Å²) in [4.78, 5) is 22.8. The summed E-state index contributed by atoms with van der Waals surface area (Å²) >= 11 is 0. The zero-order chi connectivity index (χ0) is 13.9. The van der Waals surface area contributed by atoms with Gasteiger partial charge in [-0.3, -0.25) is 9.59 Å². The Balaban J connectivity index is 2.36. The van der Waals surface area contributed by atoms with E-state index in [-0.39, 0.29) is 17.9 Å². The van der Waals surface area contributed by atoms with Gasteiger partial charge in [-0.15, -0.1) is 0 Å². The number of nitrogens with one attached hydrogen (secondary N) is 1. The molecular formula is C13H23NO4. The zero-order valence-electron chi connectivity index (χ0n) is 11.5. The maximum Gasteiger partial charge on any atom is 0.309 e. The summed E-state index contributed by atoms with van der Waals surface area (Å²) in [6, 6.07) is 0. The maximum absolute atomic E-state index is 11.9. The Kier molecular flexibility index (Phi) is 4.73. The molecule has 1 amide bonds. The Morgan fingerprint density at radius 1 is 1.39 bits per heavy atom. The molecule has 0 saturated carbocycles. The quantitative estimate of drug-likeness (QED) is 0.781. The summed E-state index contributed by atoms with van der Waals surface area (Å²) in [6.45, 7) is 7.61. The van der Waals surface area contributed by atoms with E-state index in [2.05, 4.69) is 5.32 Å². The van der Waals surface area contributed by atoms with Crippen LogP contribution in [0.25, 0.3) is 0 Å².